The second-order valence-electron chi connectivity index (χ2n) is 3.81. The van der Waals surface area contributed by atoms with Gasteiger partial charge in [0.05, 0.1) is 6.20 Å². The fourth-order valence-electron chi connectivity index (χ4n) is 1.63. The fourth-order valence-corrected chi connectivity index (χ4v) is 1.63. The molecule has 1 heterocycles. The average molecular weight is 272 g/mol. The molecule has 0 fully saturated rings. The average Bonchev–Trinajstić information content (AvgIpc) is 2.75. The molecule has 0 aliphatic heterocycles. The zero-order chi connectivity index (χ0) is 14.0. The number of hydrogen-bond acceptors (Lipinski definition) is 3. The fraction of sp³-hybridized carbons (Fsp3) is 0.250. The molecule has 0 aliphatic carbocycles. The molecule has 0 bridgehead atoms. The number of phenols is 1. The largest absolute Gasteiger partial charge is 0.573 e. The number of rotatable bonds is 3. The smallest absolute Gasteiger partial charge is 0.507 e. The number of halogens is 3. The summed E-state index contributed by atoms with van der Waals surface area (Å²) < 4.78 is 41.5. The van der Waals surface area contributed by atoms with Crippen LogP contribution < -0.4 is 4.74 Å². The van der Waals surface area contributed by atoms with Crippen LogP contribution in [0, 0.1) is 0 Å². The lowest BCUT2D eigenvalue weighted by Crippen LogP contribution is -2.16. The normalized spacial score (nSPS) is 11.6. The van der Waals surface area contributed by atoms with Gasteiger partial charge in [-0.25, -0.2) is 0 Å². The lowest BCUT2D eigenvalue weighted by Gasteiger charge is -2.10. The van der Waals surface area contributed by atoms with Gasteiger partial charge in [0, 0.05) is 29.9 Å². The van der Waals surface area contributed by atoms with Crippen LogP contribution in [-0.4, -0.2) is 21.2 Å². The topological polar surface area (TPSA) is 47.3 Å². The van der Waals surface area contributed by atoms with Gasteiger partial charge in [-0.3, -0.25) is 4.68 Å². The molecule has 0 spiro atoms. The molecule has 0 saturated heterocycles. The summed E-state index contributed by atoms with van der Waals surface area (Å²) in [4.78, 5) is 0. The Morgan fingerprint density at radius 3 is 2.63 bits per heavy atom. The van der Waals surface area contributed by atoms with Crippen molar-refractivity contribution in [1.29, 1.82) is 0 Å². The minimum Gasteiger partial charge on any atom is -0.507 e. The molecule has 102 valence electrons. The summed E-state index contributed by atoms with van der Waals surface area (Å²) in [5.74, 6) is -0.756. The van der Waals surface area contributed by atoms with Crippen LogP contribution in [-0.2, 0) is 6.54 Å². The van der Waals surface area contributed by atoms with Gasteiger partial charge in [-0.15, -0.1) is 13.2 Å². The van der Waals surface area contributed by atoms with Crippen molar-refractivity contribution in [3.8, 4) is 22.6 Å². The maximum absolute atomic E-state index is 12.0. The van der Waals surface area contributed by atoms with Crippen molar-refractivity contribution < 1.29 is 23.0 Å². The Morgan fingerprint density at radius 2 is 2.11 bits per heavy atom. The van der Waals surface area contributed by atoms with Crippen molar-refractivity contribution in [2.75, 3.05) is 0 Å². The number of benzene rings is 1. The molecule has 19 heavy (non-hydrogen) atoms. The van der Waals surface area contributed by atoms with Gasteiger partial charge in [0.25, 0.3) is 0 Å². The molecule has 7 heteroatoms. The molecule has 0 aliphatic rings. The summed E-state index contributed by atoms with van der Waals surface area (Å²) in [5.41, 5.74) is 1.02. The zero-order valence-electron chi connectivity index (χ0n) is 9.98. The third-order valence-electron chi connectivity index (χ3n) is 2.47. The number of phenolic OH excluding ortho intramolecular Hbond substituents is 1. The van der Waals surface area contributed by atoms with Gasteiger partial charge in [0.15, 0.2) is 0 Å². The van der Waals surface area contributed by atoms with Crippen LogP contribution in [0.2, 0.25) is 0 Å². The Balaban J connectivity index is 2.29. The highest BCUT2D eigenvalue weighted by atomic mass is 19.4. The molecule has 1 aromatic carbocycles. The van der Waals surface area contributed by atoms with E-state index in [1.54, 1.807) is 10.9 Å². The van der Waals surface area contributed by atoms with Crippen LogP contribution in [0.15, 0.2) is 30.6 Å². The predicted molar refractivity (Wildman–Crippen MR) is 61.7 cm³/mol. The van der Waals surface area contributed by atoms with E-state index in [0.29, 0.717) is 17.7 Å². The van der Waals surface area contributed by atoms with Gasteiger partial charge < -0.3 is 9.84 Å². The molecular formula is C12H11F3N2O2. The summed E-state index contributed by atoms with van der Waals surface area (Å²) in [6.07, 6.45) is -1.55. The number of hydrogen-bond donors (Lipinski definition) is 1. The summed E-state index contributed by atoms with van der Waals surface area (Å²) >= 11 is 0. The number of aromatic hydroxyl groups is 1. The van der Waals surface area contributed by atoms with Crippen molar-refractivity contribution in [3.63, 3.8) is 0 Å². The Morgan fingerprint density at radius 1 is 1.37 bits per heavy atom. The Hall–Kier alpha value is -2.18. The van der Waals surface area contributed by atoms with E-state index >= 15 is 0 Å². The van der Waals surface area contributed by atoms with Crippen molar-refractivity contribution >= 4 is 0 Å². The minimum absolute atomic E-state index is 0.294. The maximum atomic E-state index is 12.0. The summed E-state index contributed by atoms with van der Waals surface area (Å²) in [5, 5.41) is 13.8. The molecule has 4 nitrogen and oxygen atoms in total. The van der Waals surface area contributed by atoms with E-state index < -0.39 is 12.1 Å². The third-order valence-corrected chi connectivity index (χ3v) is 2.47. The number of nitrogens with zero attached hydrogens (tertiary/aromatic N) is 2. The lowest BCUT2D eigenvalue weighted by molar-refractivity contribution is -0.274. The molecule has 0 radical (unpaired) electrons. The lowest BCUT2D eigenvalue weighted by atomic mass is 10.1. The van der Waals surface area contributed by atoms with Crippen LogP contribution in [0.1, 0.15) is 6.92 Å². The highest BCUT2D eigenvalue weighted by Gasteiger charge is 2.31. The molecule has 1 aromatic heterocycles. The predicted octanol–water partition coefficient (Wildman–Crippen LogP) is 3.17. The van der Waals surface area contributed by atoms with Crippen LogP contribution in [0.4, 0.5) is 13.2 Å². The second kappa shape index (κ2) is 4.83. The number of ether oxygens (including phenoxy) is 1. The Kier molecular flexibility index (Phi) is 3.37. The third kappa shape index (κ3) is 3.18. The van der Waals surface area contributed by atoms with E-state index in [4.69, 9.17) is 0 Å². The van der Waals surface area contributed by atoms with E-state index in [1.165, 1.54) is 12.3 Å². The molecule has 0 atom stereocenters. The van der Waals surface area contributed by atoms with Crippen LogP contribution in [0.3, 0.4) is 0 Å². The molecule has 2 rings (SSSR count). The summed E-state index contributed by atoms with van der Waals surface area (Å²) in [6.45, 7) is 2.56. The summed E-state index contributed by atoms with van der Waals surface area (Å²) in [6, 6.07) is 3.42. The standard InChI is InChI=1S/C12H11F3N2O2/c1-2-17-7-8(6-16-17)10-4-3-9(5-11(10)18)19-12(13,14)15/h3-7,18H,2H2,1H3. The highest BCUT2D eigenvalue weighted by Crippen LogP contribution is 2.34. The monoisotopic (exact) mass is 272 g/mol. The van der Waals surface area contributed by atoms with Gasteiger partial charge in [-0.1, -0.05) is 0 Å². The minimum atomic E-state index is -4.78. The quantitative estimate of drug-likeness (QED) is 0.933. The summed E-state index contributed by atoms with van der Waals surface area (Å²) in [7, 11) is 0. The van der Waals surface area contributed by atoms with Crippen molar-refractivity contribution in [1.82, 2.24) is 9.78 Å². The number of aryl methyl sites for hydroxylation is 1. The van der Waals surface area contributed by atoms with Crippen LogP contribution in [0.5, 0.6) is 11.5 Å². The SMILES string of the molecule is CCn1cc(-c2ccc(OC(F)(F)F)cc2O)cn1. The maximum Gasteiger partial charge on any atom is 0.573 e. The second-order valence-corrected chi connectivity index (χ2v) is 3.81. The Bertz CT molecular complexity index is 579. The van der Waals surface area contributed by atoms with E-state index in [2.05, 4.69) is 9.84 Å². The molecule has 0 unspecified atom stereocenters. The molecule has 0 saturated carbocycles. The first-order chi connectivity index (χ1) is 8.89. The van der Waals surface area contributed by atoms with E-state index in [1.807, 2.05) is 6.92 Å². The molecule has 0 amide bonds. The van der Waals surface area contributed by atoms with Crippen LogP contribution >= 0.6 is 0 Å². The van der Waals surface area contributed by atoms with Crippen LogP contribution in [0.25, 0.3) is 11.1 Å². The van der Waals surface area contributed by atoms with Gasteiger partial charge in [0.2, 0.25) is 0 Å². The molecular weight excluding hydrogens is 261 g/mol. The van der Waals surface area contributed by atoms with Gasteiger partial charge >= 0.3 is 6.36 Å². The van der Waals surface area contributed by atoms with E-state index in [-0.39, 0.29) is 5.75 Å². The van der Waals surface area contributed by atoms with Gasteiger partial charge in [0.1, 0.15) is 11.5 Å². The van der Waals surface area contributed by atoms with E-state index in [0.717, 1.165) is 12.1 Å². The van der Waals surface area contributed by atoms with Crippen molar-refractivity contribution in [2.24, 2.45) is 0 Å². The Labute approximate surface area is 107 Å². The van der Waals surface area contributed by atoms with Crippen molar-refractivity contribution in [3.05, 3.63) is 30.6 Å². The molecule has 2 aromatic rings. The zero-order valence-corrected chi connectivity index (χ0v) is 9.98. The first-order valence-corrected chi connectivity index (χ1v) is 5.50. The number of alkyl halides is 3. The van der Waals surface area contributed by atoms with Crippen molar-refractivity contribution in [2.45, 2.75) is 19.8 Å². The van der Waals surface area contributed by atoms with Gasteiger partial charge in [-0.05, 0) is 19.1 Å². The molecule has 1 N–H and O–H groups in total. The first-order valence-electron chi connectivity index (χ1n) is 5.50. The van der Waals surface area contributed by atoms with E-state index in [9.17, 15) is 18.3 Å². The number of aromatic nitrogens is 2. The first kappa shape index (κ1) is 13.3. The van der Waals surface area contributed by atoms with Gasteiger partial charge in [-0.2, -0.15) is 5.10 Å². The highest BCUT2D eigenvalue weighted by molar-refractivity contribution is 5.69.